The van der Waals surface area contributed by atoms with E-state index in [0.717, 1.165) is 29.5 Å². The first-order valence-corrected chi connectivity index (χ1v) is 11.9. The van der Waals surface area contributed by atoms with Crippen molar-refractivity contribution in [2.24, 2.45) is 0 Å². The molecule has 0 aliphatic carbocycles. The fraction of sp³-hybridized carbons (Fsp3) is 0.250. The summed E-state index contributed by atoms with van der Waals surface area (Å²) in [6, 6.07) is 25.5. The third-order valence-corrected chi connectivity index (χ3v) is 6.66. The van der Waals surface area contributed by atoms with Crippen LogP contribution in [0.3, 0.4) is 0 Å². The standard InChI is InChI=1S/C28H25N3O4/c32-28(25(19-8-3-1-4-9-19)20-10-5-2-6-11-20)31-15-7-12-22(17-31)27-30-29-26(35-27)21-13-14-23-24(16-21)34-18-33-23/h1-6,8-11,13-14,16,22,25H,7,12,15,17-18H2. The summed E-state index contributed by atoms with van der Waals surface area (Å²) >= 11 is 0. The van der Waals surface area contributed by atoms with Crippen molar-refractivity contribution in [1.82, 2.24) is 15.1 Å². The molecule has 6 rings (SSSR count). The summed E-state index contributed by atoms with van der Waals surface area (Å²) < 4.78 is 16.9. The summed E-state index contributed by atoms with van der Waals surface area (Å²) in [4.78, 5) is 15.8. The van der Waals surface area contributed by atoms with Crippen molar-refractivity contribution >= 4 is 5.91 Å². The molecule has 35 heavy (non-hydrogen) atoms. The monoisotopic (exact) mass is 467 g/mol. The summed E-state index contributed by atoms with van der Waals surface area (Å²) in [6.07, 6.45) is 1.78. The molecule has 1 atom stereocenters. The predicted octanol–water partition coefficient (Wildman–Crippen LogP) is 5.00. The minimum atomic E-state index is -0.344. The van der Waals surface area contributed by atoms with Crippen LogP contribution in [-0.4, -0.2) is 40.9 Å². The number of hydrogen-bond donors (Lipinski definition) is 0. The van der Waals surface area contributed by atoms with Crippen LogP contribution in [0.4, 0.5) is 0 Å². The SMILES string of the molecule is O=C(C(c1ccccc1)c1ccccc1)N1CCCC(c2nnc(-c3ccc4c(c3)OCO4)o2)C1. The van der Waals surface area contributed by atoms with Gasteiger partial charge in [0.1, 0.15) is 0 Å². The number of aromatic nitrogens is 2. The number of nitrogens with zero attached hydrogens (tertiary/aromatic N) is 3. The Labute approximate surface area is 203 Å². The Morgan fingerprint density at radius 2 is 1.60 bits per heavy atom. The Hall–Kier alpha value is -4.13. The van der Waals surface area contributed by atoms with Gasteiger partial charge in [0.2, 0.25) is 24.5 Å². The predicted molar refractivity (Wildman–Crippen MR) is 129 cm³/mol. The van der Waals surface area contributed by atoms with E-state index in [1.807, 2.05) is 83.8 Å². The van der Waals surface area contributed by atoms with Crippen LogP contribution in [0.15, 0.2) is 83.3 Å². The largest absolute Gasteiger partial charge is 0.454 e. The van der Waals surface area contributed by atoms with E-state index in [0.29, 0.717) is 36.4 Å². The molecule has 0 saturated carbocycles. The molecule has 0 bridgehead atoms. The van der Waals surface area contributed by atoms with Crippen molar-refractivity contribution in [3.05, 3.63) is 95.9 Å². The maximum Gasteiger partial charge on any atom is 0.247 e. The van der Waals surface area contributed by atoms with Crippen molar-refractivity contribution in [3.63, 3.8) is 0 Å². The van der Waals surface area contributed by atoms with Crippen molar-refractivity contribution < 1.29 is 18.7 Å². The maximum atomic E-state index is 13.8. The van der Waals surface area contributed by atoms with Crippen LogP contribution in [-0.2, 0) is 4.79 Å². The van der Waals surface area contributed by atoms with Gasteiger partial charge in [0, 0.05) is 18.7 Å². The lowest BCUT2D eigenvalue weighted by Gasteiger charge is -2.34. The van der Waals surface area contributed by atoms with Gasteiger partial charge >= 0.3 is 0 Å². The van der Waals surface area contributed by atoms with Crippen molar-refractivity contribution in [1.29, 1.82) is 0 Å². The van der Waals surface area contributed by atoms with E-state index in [1.54, 1.807) is 0 Å². The highest BCUT2D eigenvalue weighted by Crippen LogP contribution is 2.37. The van der Waals surface area contributed by atoms with Gasteiger partial charge in [0.15, 0.2) is 11.5 Å². The number of ether oxygens (including phenoxy) is 2. The maximum absolute atomic E-state index is 13.8. The molecule has 4 aromatic rings. The van der Waals surface area contributed by atoms with Gasteiger partial charge in [-0.15, -0.1) is 10.2 Å². The molecule has 7 heteroatoms. The molecule has 1 saturated heterocycles. The van der Waals surface area contributed by atoms with E-state index in [1.165, 1.54) is 0 Å². The molecule has 7 nitrogen and oxygen atoms in total. The van der Waals surface area contributed by atoms with Gasteiger partial charge in [-0.05, 0) is 42.2 Å². The third kappa shape index (κ3) is 4.25. The zero-order valence-electron chi connectivity index (χ0n) is 19.2. The molecule has 2 aliphatic heterocycles. The van der Waals surface area contributed by atoms with Gasteiger partial charge in [0.25, 0.3) is 0 Å². The fourth-order valence-corrected chi connectivity index (χ4v) is 4.88. The fourth-order valence-electron chi connectivity index (χ4n) is 4.88. The lowest BCUT2D eigenvalue weighted by Crippen LogP contribution is -2.42. The van der Waals surface area contributed by atoms with Crippen LogP contribution >= 0.6 is 0 Å². The topological polar surface area (TPSA) is 77.7 Å². The van der Waals surface area contributed by atoms with Crippen LogP contribution in [0.5, 0.6) is 11.5 Å². The average molecular weight is 468 g/mol. The van der Waals surface area contributed by atoms with E-state index >= 15 is 0 Å². The highest BCUT2D eigenvalue weighted by atomic mass is 16.7. The molecule has 2 aliphatic rings. The van der Waals surface area contributed by atoms with Gasteiger partial charge in [-0.1, -0.05) is 60.7 Å². The molecule has 1 amide bonds. The quantitative estimate of drug-likeness (QED) is 0.411. The number of benzene rings is 3. The normalized spacial score (nSPS) is 17.1. The van der Waals surface area contributed by atoms with Crippen LogP contribution in [0, 0.1) is 0 Å². The molecular weight excluding hydrogens is 442 g/mol. The third-order valence-electron chi connectivity index (χ3n) is 6.66. The molecule has 1 aromatic heterocycles. The first-order chi connectivity index (χ1) is 17.3. The number of fused-ring (bicyclic) bond motifs is 1. The van der Waals surface area contributed by atoms with Crippen molar-refractivity contribution in [3.8, 4) is 23.0 Å². The molecule has 3 aromatic carbocycles. The zero-order chi connectivity index (χ0) is 23.6. The summed E-state index contributed by atoms with van der Waals surface area (Å²) in [5, 5.41) is 8.61. The molecule has 0 N–H and O–H groups in total. The van der Waals surface area contributed by atoms with E-state index in [2.05, 4.69) is 10.2 Å². The Morgan fingerprint density at radius 1 is 0.886 bits per heavy atom. The Bertz CT molecular complexity index is 1280. The number of amides is 1. The van der Waals surface area contributed by atoms with Crippen molar-refractivity contribution in [2.45, 2.75) is 24.7 Å². The van der Waals surface area contributed by atoms with Gasteiger partial charge < -0.3 is 18.8 Å². The number of rotatable bonds is 5. The average Bonchev–Trinajstić information content (AvgIpc) is 3.60. The van der Waals surface area contributed by atoms with Gasteiger partial charge in [0.05, 0.1) is 11.8 Å². The second kappa shape index (κ2) is 9.25. The van der Waals surface area contributed by atoms with E-state index < -0.39 is 0 Å². The van der Waals surface area contributed by atoms with Gasteiger partial charge in [-0.25, -0.2) is 0 Å². The molecular formula is C28H25N3O4. The molecule has 3 heterocycles. The Kier molecular flexibility index (Phi) is 5.66. The van der Waals surface area contributed by atoms with Crippen LogP contribution in [0.1, 0.15) is 41.7 Å². The van der Waals surface area contributed by atoms with Crippen LogP contribution in [0.25, 0.3) is 11.5 Å². The second-order valence-electron chi connectivity index (χ2n) is 8.89. The lowest BCUT2D eigenvalue weighted by molar-refractivity contribution is -0.133. The van der Waals surface area contributed by atoms with Crippen LogP contribution in [0.2, 0.25) is 0 Å². The molecule has 1 fully saturated rings. The summed E-state index contributed by atoms with van der Waals surface area (Å²) in [7, 11) is 0. The van der Waals surface area contributed by atoms with E-state index in [-0.39, 0.29) is 24.5 Å². The Morgan fingerprint density at radius 3 is 2.34 bits per heavy atom. The molecule has 1 unspecified atom stereocenters. The summed E-state index contributed by atoms with van der Waals surface area (Å²) in [5.41, 5.74) is 2.77. The minimum Gasteiger partial charge on any atom is -0.454 e. The second-order valence-corrected chi connectivity index (χ2v) is 8.89. The van der Waals surface area contributed by atoms with E-state index in [9.17, 15) is 4.79 Å². The van der Waals surface area contributed by atoms with Gasteiger partial charge in [-0.3, -0.25) is 4.79 Å². The molecule has 0 radical (unpaired) electrons. The number of hydrogen-bond acceptors (Lipinski definition) is 6. The first-order valence-electron chi connectivity index (χ1n) is 11.9. The highest BCUT2D eigenvalue weighted by Gasteiger charge is 2.33. The smallest absolute Gasteiger partial charge is 0.247 e. The van der Waals surface area contributed by atoms with Crippen LogP contribution < -0.4 is 9.47 Å². The number of carbonyl (C=O) groups excluding carboxylic acids is 1. The Balaban J connectivity index is 1.23. The summed E-state index contributed by atoms with van der Waals surface area (Å²) in [6.45, 7) is 1.49. The zero-order valence-corrected chi connectivity index (χ0v) is 19.2. The lowest BCUT2D eigenvalue weighted by atomic mass is 9.88. The molecule has 176 valence electrons. The van der Waals surface area contributed by atoms with Crippen molar-refractivity contribution in [2.75, 3.05) is 19.9 Å². The number of likely N-dealkylation sites (tertiary alicyclic amines) is 1. The highest BCUT2D eigenvalue weighted by molar-refractivity contribution is 5.87. The minimum absolute atomic E-state index is 0.00448. The first kappa shape index (κ1) is 21.4. The summed E-state index contributed by atoms with van der Waals surface area (Å²) in [5.74, 6) is 2.13. The number of carbonyl (C=O) groups is 1. The molecule has 0 spiro atoms. The number of piperidine rings is 1. The van der Waals surface area contributed by atoms with Gasteiger partial charge in [-0.2, -0.15) is 0 Å². The van der Waals surface area contributed by atoms with E-state index in [4.69, 9.17) is 13.9 Å².